The molecular weight excluding hydrogens is 182 g/mol. The van der Waals surface area contributed by atoms with E-state index in [1.807, 2.05) is 0 Å². The van der Waals surface area contributed by atoms with E-state index < -0.39 is 12.0 Å². The van der Waals surface area contributed by atoms with Gasteiger partial charge in [0.25, 0.3) is 0 Å². The molecule has 0 bridgehead atoms. The second-order valence-electron chi connectivity index (χ2n) is 3.11. The number of hydrogen-bond donors (Lipinski definition) is 3. The summed E-state index contributed by atoms with van der Waals surface area (Å²) in [7, 11) is 0. The van der Waals surface area contributed by atoms with Crippen LogP contribution >= 0.6 is 0 Å². The van der Waals surface area contributed by atoms with Gasteiger partial charge in [-0.15, -0.1) is 0 Å². The summed E-state index contributed by atoms with van der Waals surface area (Å²) in [6, 6.07) is 4.35. The summed E-state index contributed by atoms with van der Waals surface area (Å²) in [6.07, 6.45) is 0. The van der Waals surface area contributed by atoms with Crippen molar-refractivity contribution in [1.82, 2.24) is 0 Å². The van der Waals surface area contributed by atoms with E-state index >= 15 is 0 Å². The molecule has 0 aliphatic carbocycles. The van der Waals surface area contributed by atoms with Crippen molar-refractivity contribution in [3.05, 3.63) is 34.9 Å². The minimum atomic E-state index is -0.977. The maximum Gasteiger partial charge on any atom is 0.335 e. The molecule has 1 rings (SSSR count). The van der Waals surface area contributed by atoms with Crippen LogP contribution in [-0.2, 0) is 0 Å². The Bertz CT molecular complexity index is 349. The fourth-order valence-electron chi connectivity index (χ4n) is 1.39. The molecule has 0 saturated carbocycles. The van der Waals surface area contributed by atoms with Crippen molar-refractivity contribution in [3.63, 3.8) is 0 Å². The second-order valence-corrected chi connectivity index (χ2v) is 3.11. The van der Waals surface area contributed by atoms with Gasteiger partial charge in [0.1, 0.15) is 0 Å². The van der Waals surface area contributed by atoms with Gasteiger partial charge in [-0.2, -0.15) is 0 Å². The van der Waals surface area contributed by atoms with E-state index in [1.54, 1.807) is 19.1 Å². The van der Waals surface area contributed by atoms with Gasteiger partial charge in [-0.1, -0.05) is 12.1 Å². The average molecular weight is 195 g/mol. The van der Waals surface area contributed by atoms with Crippen molar-refractivity contribution in [2.75, 3.05) is 6.61 Å². The molecule has 0 fully saturated rings. The van der Waals surface area contributed by atoms with Gasteiger partial charge >= 0.3 is 5.97 Å². The van der Waals surface area contributed by atoms with Gasteiger partial charge < -0.3 is 15.9 Å². The standard InChI is InChI=1S/C10H13NO3/c1-6-7(9(11)5-12)3-2-4-8(6)10(13)14/h2-4,9,12H,5,11H2,1H3,(H,13,14)/t9-/m0/s1. The minimum absolute atomic E-state index is 0.191. The lowest BCUT2D eigenvalue weighted by atomic mass is 9.98. The van der Waals surface area contributed by atoms with Crippen molar-refractivity contribution >= 4 is 5.97 Å². The number of carbonyl (C=O) groups is 1. The number of carboxylic acid groups (broad SMARTS) is 1. The molecule has 4 heteroatoms. The number of aliphatic hydroxyl groups is 1. The lowest BCUT2D eigenvalue weighted by Gasteiger charge is -2.13. The summed E-state index contributed by atoms with van der Waals surface area (Å²) in [5.41, 5.74) is 7.14. The summed E-state index contributed by atoms with van der Waals surface area (Å²) in [5.74, 6) is -0.977. The van der Waals surface area contributed by atoms with Crippen molar-refractivity contribution in [1.29, 1.82) is 0 Å². The molecule has 0 heterocycles. The predicted octanol–water partition coefficient (Wildman–Crippen LogP) is 0.685. The van der Waals surface area contributed by atoms with Gasteiger partial charge in [-0.05, 0) is 24.1 Å². The Labute approximate surface area is 82.0 Å². The largest absolute Gasteiger partial charge is 0.478 e. The molecule has 0 aliphatic rings. The monoisotopic (exact) mass is 195 g/mol. The van der Waals surface area contributed by atoms with Gasteiger partial charge in [-0.25, -0.2) is 4.79 Å². The Balaban J connectivity index is 3.20. The zero-order valence-electron chi connectivity index (χ0n) is 7.90. The van der Waals surface area contributed by atoms with E-state index in [4.69, 9.17) is 15.9 Å². The maximum atomic E-state index is 10.8. The van der Waals surface area contributed by atoms with Gasteiger partial charge in [0.15, 0.2) is 0 Å². The van der Waals surface area contributed by atoms with E-state index in [2.05, 4.69) is 0 Å². The first-order valence-corrected chi connectivity index (χ1v) is 4.27. The number of rotatable bonds is 3. The van der Waals surface area contributed by atoms with E-state index in [9.17, 15) is 4.79 Å². The SMILES string of the molecule is Cc1c(C(=O)O)cccc1[C@@H](N)CO. The summed E-state index contributed by atoms with van der Waals surface area (Å²) in [5, 5.41) is 17.7. The van der Waals surface area contributed by atoms with Crippen LogP contribution in [0.25, 0.3) is 0 Å². The van der Waals surface area contributed by atoms with Crippen molar-refractivity contribution < 1.29 is 15.0 Å². The van der Waals surface area contributed by atoms with Crippen LogP contribution < -0.4 is 5.73 Å². The molecular formula is C10H13NO3. The van der Waals surface area contributed by atoms with Crippen LogP contribution in [0.15, 0.2) is 18.2 Å². The highest BCUT2D eigenvalue weighted by Crippen LogP contribution is 2.18. The normalized spacial score (nSPS) is 12.5. The van der Waals surface area contributed by atoms with Gasteiger partial charge in [0.05, 0.1) is 18.2 Å². The van der Waals surface area contributed by atoms with Crippen molar-refractivity contribution in [3.8, 4) is 0 Å². The van der Waals surface area contributed by atoms with Crippen LogP contribution in [0.4, 0.5) is 0 Å². The highest BCUT2D eigenvalue weighted by atomic mass is 16.4. The summed E-state index contributed by atoms with van der Waals surface area (Å²) < 4.78 is 0. The maximum absolute atomic E-state index is 10.8. The molecule has 0 amide bonds. The molecule has 1 atom stereocenters. The Hall–Kier alpha value is -1.39. The summed E-state index contributed by atoms with van der Waals surface area (Å²) >= 11 is 0. The third kappa shape index (κ3) is 1.92. The molecule has 1 aromatic rings. The average Bonchev–Trinajstić information content (AvgIpc) is 2.16. The van der Waals surface area contributed by atoms with E-state index in [0.717, 1.165) is 0 Å². The highest BCUT2D eigenvalue weighted by molar-refractivity contribution is 5.89. The molecule has 0 saturated heterocycles. The topological polar surface area (TPSA) is 83.5 Å². The van der Waals surface area contributed by atoms with Crippen LogP contribution in [0.1, 0.15) is 27.5 Å². The van der Waals surface area contributed by atoms with Crippen LogP contribution in [0.3, 0.4) is 0 Å². The van der Waals surface area contributed by atoms with E-state index in [1.165, 1.54) is 6.07 Å². The zero-order chi connectivity index (χ0) is 10.7. The molecule has 0 aliphatic heterocycles. The fraction of sp³-hybridized carbons (Fsp3) is 0.300. The Morgan fingerprint density at radius 2 is 2.21 bits per heavy atom. The molecule has 0 spiro atoms. The predicted molar refractivity (Wildman–Crippen MR) is 52.2 cm³/mol. The smallest absolute Gasteiger partial charge is 0.335 e. The van der Waals surface area contributed by atoms with Crippen molar-refractivity contribution in [2.45, 2.75) is 13.0 Å². The van der Waals surface area contributed by atoms with Gasteiger partial charge in [0.2, 0.25) is 0 Å². The number of benzene rings is 1. The Morgan fingerprint density at radius 3 is 2.71 bits per heavy atom. The zero-order valence-corrected chi connectivity index (χ0v) is 7.90. The van der Waals surface area contributed by atoms with Crippen LogP contribution in [0, 0.1) is 6.92 Å². The van der Waals surface area contributed by atoms with E-state index in [0.29, 0.717) is 11.1 Å². The number of nitrogens with two attached hydrogens (primary N) is 1. The van der Waals surface area contributed by atoms with E-state index in [-0.39, 0.29) is 12.2 Å². The molecule has 0 radical (unpaired) electrons. The van der Waals surface area contributed by atoms with Crippen LogP contribution in [0.5, 0.6) is 0 Å². The molecule has 0 aromatic heterocycles. The van der Waals surface area contributed by atoms with Gasteiger partial charge in [-0.3, -0.25) is 0 Å². The number of hydrogen-bond acceptors (Lipinski definition) is 3. The Morgan fingerprint density at radius 1 is 1.57 bits per heavy atom. The third-order valence-corrected chi connectivity index (χ3v) is 2.20. The quantitative estimate of drug-likeness (QED) is 0.662. The lowest BCUT2D eigenvalue weighted by molar-refractivity contribution is 0.0696. The first-order chi connectivity index (χ1) is 6.57. The van der Waals surface area contributed by atoms with Gasteiger partial charge in [0, 0.05) is 0 Å². The lowest BCUT2D eigenvalue weighted by Crippen LogP contribution is -2.17. The summed E-state index contributed by atoms with van der Waals surface area (Å²) in [6.45, 7) is 1.50. The fourth-order valence-corrected chi connectivity index (χ4v) is 1.39. The second kappa shape index (κ2) is 4.21. The highest BCUT2D eigenvalue weighted by Gasteiger charge is 2.13. The number of aliphatic hydroxyl groups excluding tert-OH is 1. The number of aromatic carboxylic acids is 1. The molecule has 4 nitrogen and oxygen atoms in total. The minimum Gasteiger partial charge on any atom is -0.478 e. The molecule has 14 heavy (non-hydrogen) atoms. The number of carboxylic acids is 1. The third-order valence-electron chi connectivity index (χ3n) is 2.20. The summed E-state index contributed by atoms with van der Waals surface area (Å²) in [4.78, 5) is 10.8. The molecule has 76 valence electrons. The van der Waals surface area contributed by atoms with Crippen LogP contribution in [0.2, 0.25) is 0 Å². The first kappa shape index (κ1) is 10.7. The Kier molecular flexibility index (Phi) is 3.22. The molecule has 0 unspecified atom stereocenters. The first-order valence-electron chi connectivity index (χ1n) is 4.27. The van der Waals surface area contributed by atoms with Crippen molar-refractivity contribution in [2.24, 2.45) is 5.73 Å². The molecule has 4 N–H and O–H groups in total. The van der Waals surface area contributed by atoms with Crippen LogP contribution in [-0.4, -0.2) is 22.8 Å². The molecule has 1 aromatic carbocycles.